The molecule has 3 atom stereocenters. The molecule has 13 nitrogen and oxygen atoms in total. The smallest absolute Gasteiger partial charge is 0.435 e. The Balaban J connectivity index is 1.67. The maximum atomic E-state index is 14.0. The van der Waals surface area contributed by atoms with Gasteiger partial charge < -0.3 is 32.8 Å². The van der Waals surface area contributed by atoms with Crippen molar-refractivity contribution in [3.63, 3.8) is 0 Å². The van der Waals surface area contributed by atoms with Crippen molar-refractivity contribution < 1.29 is 54.9 Å². The van der Waals surface area contributed by atoms with Gasteiger partial charge in [-0.1, -0.05) is 32.9 Å². The number of benzene rings is 2. The summed E-state index contributed by atoms with van der Waals surface area (Å²) in [7, 11) is -2.39. The van der Waals surface area contributed by atoms with Gasteiger partial charge in [-0.2, -0.15) is 18.3 Å². The first-order valence-corrected chi connectivity index (χ1v) is 23.3. The third-order valence-corrected chi connectivity index (χ3v) is 15.1. The van der Waals surface area contributed by atoms with Crippen LogP contribution in [-0.4, -0.2) is 87.9 Å². The number of esters is 1. The number of carbonyl (C=O) groups excluding carboxylic acids is 2. The predicted molar refractivity (Wildman–Crippen MR) is 216 cm³/mol. The van der Waals surface area contributed by atoms with Crippen LogP contribution in [0.15, 0.2) is 42.5 Å². The Kier molecular flexibility index (Phi) is 15.8. The molecule has 2 aromatic carbocycles. The molecule has 1 aromatic heterocycles. The van der Waals surface area contributed by atoms with Crippen molar-refractivity contribution >= 4 is 48.2 Å². The van der Waals surface area contributed by atoms with E-state index in [1.54, 1.807) is 65.8 Å². The molecule has 3 aromatic rings. The van der Waals surface area contributed by atoms with Crippen LogP contribution < -0.4 is 9.04 Å². The Morgan fingerprint density at radius 3 is 2.24 bits per heavy atom. The van der Waals surface area contributed by atoms with Crippen molar-refractivity contribution in [1.82, 2.24) is 14.7 Å². The lowest BCUT2D eigenvalue weighted by Crippen LogP contribution is -2.45. The fraction of sp³-hybridized carbons (Fsp3) is 0.625. The van der Waals surface area contributed by atoms with Crippen molar-refractivity contribution in [3.8, 4) is 5.75 Å². The maximum Gasteiger partial charge on any atom is 0.435 e. The second-order valence-electron chi connectivity index (χ2n) is 16.4. The molecule has 0 saturated carbocycles. The van der Waals surface area contributed by atoms with Crippen LogP contribution >= 0.6 is 0 Å². The first-order valence-electron chi connectivity index (χ1n) is 19.8. The molecule has 1 aliphatic rings. The topological polar surface area (TPSA) is 145 Å². The zero-order valence-electron chi connectivity index (χ0n) is 35.0. The highest BCUT2D eigenvalue weighted by atomic mass is 32.2. The average Bonchev–Trinajstić information content (AvgIpc) is 3.54. The van der Waals surface area contributed by atoms with Crippen LogP contribution in [0.4, 0.5) is 23.7 Å². The van der Waals surface area contributed by atoms with Crippen molar-refractivity contribution in [1.29, 1.82) is 0 Å². The normalized spacial score (nSPS) is 16.5. The molecule has 324 valence electrons. The Morgan fingerprint density at radius 2 is 1.67 bits per heavy atom. The van der Waals surface area contributed by atoms with Gasteiger partial charge in [-0.3, -0.25) is 13.3 Å². The molecule has 18 heteroatoms. The van der Waals surface area contributed by atoms with E-state index in [-0.39, 0.29) is 42.0 Å². The van der Waals surface area contributed by atoms with Crippen LogP contribution in [0.2, 0.25) is 18.1 Å². The van der Waals surface area contributed by atoms with Crippen molar-refractivity contribution in [2.45, 2.75) is 129 Å². The zero-order chi connectivity index (χ0) is 43.1. The van der Waals surface area contributed by atoms with Gasteiger partial charge in [-0.15, -0.1) is 0 Å². The van der Waals surface area contributed by atoms with E-state index in [0.717, 1.165) is 35.3 Å². The Hall–Kier alpha value is -3.71. The first-order chi connectivity index (χ1) is 27.1. The van der Waals surface area contributed by atoms with E-state index >= 15 is 0 Å². The Labute approximate surface area is 343 Å². The van der Waals surface area contributed by atoms with Crippen LogP contribution in [-0.2, 0) is 40.9 Å². The third kappa shape index (κ3) is 12.9. The Morgan fingerprint density at radius 1 is 1.00 bits per heavy atom. The molecule has 4 rings (SSSR count). The van der Waals surface area contributed by atoms with Gasteiger partial charge in [0, 0.05) is 35.0 Å². The molecule has 2 unspecified atom stereocenters. The second kappa shape index (κ2) is 19.6. The van der Waals surface area contributed by atoms with E-state index in [4.69, 9.17) is 23.4 Å². The average molecular weight is 856 g/mol. The van der Waals surface area contributed by atoms with E-state index in [1.165, 1.54) is 27.8 Å². The lowest BCUT2D eigenvalue weighted by molar-refractivity contribution is -0.152. The summed E-state index contributed by atoms with van der Waals surface area (Å²) in [6.45, 7) is 16.3. The van der Waals surface area contributed by atoms with Crippen LogP contribution in [0.1, 0.15) is 105 Å². The molecule has 1 saturated heterocycles. The van der Waals surface area contributed by atoms with Crippen molar-refractivity contribution in [3.05, 3.63) is 53.7 Å². The van der Waals surface area contributed by atoms with Crippen LogP contribution in [0.5, 0.6) is 5.75 Å². The van der Waals surface area contributed by atoms with Crippen molar-refractivity contribution in [2.24, 2.45) is 0 Å². The SMILES string of the molecule is CC[Si](CC)(CC)OC(CN(CCOc1ccc2c(C(F)(F)F)nn([C@H]3CCCCO3)c2c1)C(=O)OC(C)(C)C)c1cccc(N(CC(=O)OC(C)(C)C)S(=O)[O-])c1. The van der Waals surface area contributed by atoms with E-state index in [2.05, 4.69) is 25.9 Å². The molecule has 0 N–H and O–H groups in total. The van der Waals surface area contributed by atoms with Crippen LogP contribution in [0.25, 0.3) is 10.9 Å². The molecular formula is C40H58F3N4O9SSi-. The largest absolute Gasteiger partial charge is 0.755 e. The summed E-state index contributed by atoms with van der Waals surface area (Å²) in [5.74, 6) is -0.458. The zero-order valence-corrected chi connectivity index (χ0v) is 36.8. The van der Waals surface area contributed by atoms with Gasteiger partial charge in [0.25, 0.3) is 0 Å². The number of carbonyl (C=O) groups is 2. The molecule has 1 aliphatic heterocycles. The molecule has 0 radical (unpaired) electrons. The van der Waals surface area contributed by atoms with Crippen LogP contribution in [0, 0.1) is 0 Å². The summed E-state index contributed by atoms with van der Waals surface area (Å²) in [6, 6.07) is 13.2. The van der Waals surface area contributed by atoms with E-state index in [0.29, 0.717) is 18.6 Å². The van der Waals surface area contributed by atoms with Gasteiger partial charge in [0.15, 0.2) is 20.2 Å². The number of ether oxygens (including phenoxy) is 4. The molecule has 1 amide bonds. The highest BCUT2D eigenvalue weighted by Gasteiger charge is 2.39. The summed E-state index contributed by atoms with van der Waals surface area (Å²) < 4.78 is 99.3. The number of rotatable bonds is 17. The van der Waals surface area contributed by atoms with Crippen LogP contribution in [0.3, 0.4) is 0 Å². The summed E-state index contributed by atoms with van der Waals surface area (Å²) in [4.78, 5) is 28.0. The summed E-state index contributed by atoms with van der Waals surface area (Å²) >= 11 is -2.83. The molecule has 0 spiro atoms. The first kappa shape index (κ1) is 47.0. The summed E-state index contributed by atoms with van der Waals surface area (Å²) in [5, 5.41) is 3.85. The van der Waals surface area contributed by atoms with Gasteiger partial charge in [0.05, 0.1) is 24.7 Å². The minimum Gasteiger partial charge on any atom is -0.755 e. The number of halogens is 3. The summed E-state index contributed by atoms with van der Waals surface area (Å²) in [5.41, 5.74) is -1.70. The predicted octanol–water partition coefficient (Wildman–Crippen LogP) is 9.08. The molecule has 0 aliphatic carbocycles. The van der Waals surface area contributed by atoms with Gasteiger partial charge >= 0.3 is 18.2 Å². The minimum absolute atomic E-state index is 0.000420. The minimum atomic E-state index is -4.68. The lowest BCUT2D eigenvalue weighted by atomic mass is 10.1. The van der Waals surface area contributed by atoms with Gasteiger partial charge in [0.1, 0.15) is 30.1 Å². The van der Waals surface area contributed by atoms with Gasteiger partial charge in [0.2, 0.25) is 0 Å². The van der Waals surface area contributed by atoms with E-state index < -0.39 is 73.6 Å². The highest BCUT2D eigenvalue weighted by molar-refractivity contribution is 7.80. The lowest BCUT2D eigenvalue weighted by Gasteiger charge is -2.37. The maximum absolute atomic E-state index is 14.0. The number of aromatic nitrogens is 2. The number of anilines is 1. The fourth-order valence-corrected chi connectivity index (χ4v) is 10.0. The third-order valence-electron chi connectivity index (χ3n) is 9.77. The second-order valence-corrected chi connectivity index (χ2v) is 21.9. The number of nitrogens with zero attached hydrogens (tertiary/aromatic N) is 4. The molecule has 0 bridgehead atoms. The van der Waals surface area contributed by atoms with E-state index in [1.807, 2.05) is 0 Å². The molecular weight excluding hydrogens is 798 g/mol. The number of fused-ring (bicyclic) bond motifs is 1. The number of amides is 1. The molecule has 58 heavy (non-hydrogen) atoms. The Bertz CT molecular complexity index is 1860. The van der Waals surface area contributed by atoms with Gasteiger partial charge in [-0.05, 0) is 109 Å². The fourth-order valence-electron chi connectivity index (χ4n) is 6.72. The quantitative estimate of drug-likeness (QED) is 0.0733. The summed E-state index contributed by atoms with van der Waals surface area (Å²) in [6.07, 6.45) is -4.60. The molecule has 2 heterocycles. The molecule has 1 fully saturated rings. The highest BCUT2D eigenvalue weighted by Crippen LogP contribution is 2.38. The van der Waals surface area contributed by atoms with Crippen molar-refractivity contribution in [2.75, 3.05) is 37.2 Å². The number of hydrogen-bond donors (Lipinski definition) is 0. The number of alkyl halides is 3. The monoisotopic (exact) mass is 855 g/mol. The number of hydrogen-bond acceptors (Lipinski definition) is 10. The van der Waals surface area contributed by atoms with E-state index in [9.17, 15) is 31.5 Å². The standard InChI is InChI=1S/C40H59F3N4O9SSi/c1-10-58(11-2,12-3)56-33(28-16-15-17-29(24-28)46(57(50)51)27-35(48)54-38(4,5)6)26-45(37(49)55-39(7,8)9)21-23-52-30-19-20-31-32(25-30)47(34-18-13-14-22-53-34)44-36(31)40(41,42)43/h15-17,19-20,24-25,33-34H,10-14,18,21-23,26-27H2,1-9H3,(H,50,51)/p-1/t33?,34-/m1/s1. The van der Waals surface area contributed by atoms with Gasteiger partial charge in [-0.25, -0.2) is 9.48 Å².